The molecule has 4 N–H and O–H groups in total. The Hall–Kier alpha value is -3.83. The molecule has 1 aromatic carbocycles. The summed E-state index contributed by atoms with van der Waals surface area (Å²) in [5.41, 5.74) is 8.32. The lowest BCUT2D eigenvalue weighted by molar-refractivity contribution is 0.438. The van der Waals surface area contributed by atoms with E-state index in [9.17, 15) is 4.39 Å². The first-order valence-electron chi connectivity index (χ1n) is 11.0. The molecule has 2 unspecified atom stereocenters. The number of anilines is 1. The van der Waals surface area contributed by atoms with Gasteiger partial charge in [-0.25, -0.2) is 13.9 Å². The van der Waals surface area contributed by atoms with Crippen LogP contribution in [0.2, 0.25) is 0 Å². The van der Waals surface area contributed by atoms with Crippen LogP contribution in [0.1, 0.15) is 14.4 Å². The van der Waals surface area contributed by atoms with Gasteiger partial charge in [0.2, 0.25) is 0 Å². The second-order valence-electron chi connectivity index (χ2n) is 8.44. The molecule has 184 valence electrons. The third-order valence-electron chi connectivity index (χ3n) is 5.78. The summed E-state index contributed by atoms with van der Waals surface area (Å²) in [6, 6.07) is 6.60. The Balaban J connectivity index is 0.000000689. The Morgan fingerprint density at radius 2 is 2.00 bits per heavy atom. The van der Waals surface area contributed by atoms with Gasteiger partial charge in [-0.15, -0.1) is 0 Å². The summed E-state index contributed by atoms with van der Waals surface area (Å²) in [5, 5.41) is 8.40. The third-order valence-corrected chi connectivity index (χ3v) is 5.78. The van der Waals surface area contributed by atoms with E-state index in [0.29, 0.717) is 35.3 Å². The molecule has 0 spiro atoms. The Kier molecular flexibility index (Phi) is 6.81. The molecule has 6 rings (SSSR count). The molecule has 5 heterocycles. The van der Waals surface area contributed by atoms with E-state index in [1.54, 1.807) is 35.2 Å². The van der Waals surface area contributed by atoms with Gasteiger partial charge in [-0.1, -0.05) is 14.4 Å². The van der Waals surface area contributed by atoms with E-state index in [-0.39, 0.29) is 25.3 Å². The van der Waals surface area contributed by atoms with Crippen molar-refractivity contribution in [2.45, 2.75) is 20.4 Å². The van der Waals surface area contributed by atoms with Gasteiger partial charge in [0.25, 0.3) is 0 Å². The second kappa shape index (κ2) is 9.80. The van der Waals surface area contributed by atoms with Gasteiger partial charge in [0, 0.05) is 36.1 Å². The molecule has 0 bridgehead atoms. The van der Waals surface area contributed by atoms with E-state index in [2.05, 4.69) is 37.2 Å². The summed E-state index contributed by atoms with van der Waals surface area (Å²) in [6.45, 7) is 3.51. The standard InChI is InChI=1S/C21H19FN8O.C2H7N.CH4/c1-11-8-29(10-15(11)23)20-18-14-6-12(22)2-3-16(14)26-19(18)27-21(28-20)31-13-7-24-17-4-5-25-30(17)9-13;1-3-2;/h2-7,9,11,15H,8,10,23H2,1H3,(H,26,27,28);3H,1-2H3;1H4. The smallest absolute Gasteiger partial charge is 0.326 e. The highest BCUT2D eigenvalue weighted by molar-refractivity contribution is 6.11. The largest absolute Gasteiger partial charge is 0.421 e. The molecule has 1 fully saturated rings. The van der Waals surface area contributed by atoms with Crippen LogP contribution >= 0.6 is 0 Å². The molecule has 35 heavy (non-hydrogen) atoms. The molecule has 1 aliphatic heterocycles. The van der Waals surface area contributed by atoms with Crippen molar-refractivity contribution < 1.29 is 9.13 Å². The van der Waals surface area contributed by atoms with Crippen molar-refractivity contribution in [3.63, 3.8) is 0 Å². The number of aromatic nitrogens is 6. The molecule has 1 aliphatic rings. The topological polar surface area (TPSA) is 122 Å². The summed E-state index contributed by atoms with van der Waals surface area (Å²) in [5.74, 6) is 1.12. The summed E-state index contributed by atoms with van der Waals surface area (Å²) in [6.07, 6.45) is 4.97. The zero-order chi connectivity index (χ0) is 23.8. The summed E-state index contributed by atoms with van der Waals surface area (Å²) in [4.78, 5) is 18.9. The maximum atomic E-state index is 14.0. The number of fused-ring (bicyclic) bond motifs is 4. The molecule has 0 aliphatic carbocycles. The minimum atomic E-state index is -0.315. The van der Waals surface area contributed by atoms with Gasteiger partial charge in [0.15, 0.2) is 11.4 Å². The lowest BCUT2D eigenvalue weighted by atomic mass is 10.1. The van der Waals surface area contributed by atoms with Crippen LogP contribution < -0.4 is 20.7 Å². The van der Waals surface area contributed by atoms with E-state index >= 15 is 0 Å². The molecular weight excluding hydrogens is 449 g/mol. The maximum absolute atomic E-state index is 14.0. The number of H-pyrrole nitrogens is 1. The number of halogens is 1. The molecule has 2 atom stereocenters. The number of hydrogen-bond donors (Lipinski definition) is 3. The van der Waals surface area contributed by atoms with Crippen molar-refractivity contribution in [1.29, 1.82) is 0 Å². The first-order valence-corrected chi connectivity index (χ1v) is 11.0. The highest BCUT2D eigenvalue weighted by Gasteiger charge is 2.30. The van der Waals surface area contributed by atoms with Crippen molar-refractivity contribution >= 4 is 33.4 Å². The summed E-state index contributed by atoms with van der Waals surface area (Å²) in [7, 11) is 3.75. The van der Waals surface area contributed by atoms with E-state index in [1.165, 1.54) is 12.1 Å². The fourth-order valence-corrected chi connectivity index (χ4v) is 4.12. The average molecular weight is 480 g/mol. The molecule has 10 nitrogen and oxygen atoms in total. The van der Waals surface area contributed by atoms with E-state index < -0.39 is 0 Å². The Labute approximate surface area is 202 Å². The normalized spacial score (nSPS) is 17.5. The second-order valence-corrected chi connectivity index (χ2v) is 8.44. The van der Waals surface area contributed by atoms with Crippen molar-refractivity contribution in [3.05, 3.63) is 48.7 Å². The van der Waals surface area contributed by atoms with Gasteiger partial charge in [-0.2, -0.15) is 15.1 Å². The van der Waals surface area contributed by atoms with Gasteiger partial charge >= 0.3 is 6.01 Å². The highest BCUT2D eigenvalue weighted by atomic mass is 19.1. The van der Waals surface area contributed by atoms with Crippen LogP contribution in [-0.2, 0) is 0 Å². The first-order chi connectivity index (χ1) is 16.5. The van der Waals surface area contributed by atoms with Crippen LogP contribution in [0.5, 0.6) is 11.8 Å². The van der Waals surface area contributed by atoms with Gasteiger partial charge in [0.05, 0.1) is 24.0 Å². The van der Waals surface area contributed by atoms with Gasteiger partial charge in [-0.05, 0) is 38.2 Å². The quantitative estimate of drug-likeness (QED) is 0.360. The molecular formula is C24H30FN9O. The summed E-state index contributed by atoms with van der Waals surface area (Å²) < 4.78 is 21.6. The monoisotopic (exact) mass is 479 g/mol. The fraction of sp³-hybridized carbons (Fsp3) is 0.333. The number of nitrogens with one attached hydrogen (secondary N) is 2. The SMILES string of the molecule is C.CC1CN(c2nc(Oc3cnc4ccnn4c3)nc3[nH]c4ccc(F)cc4c23)CC1N.CNC. The van der Waals surface area contributed by atoms with Crippen LogP contribution in [0.4, 0.5) is 10.2 Å². The molecule has 5 aromatic rings. The summed E-state index contributed by atoms with van der Waals surface area (Å²) >= 11 is 0. The zero-order valence-electron chi connectivity index (χ0n) is 19.2. The molecule has 0 saturated carbocycles. The average Bonchev–Trinajstić information content (AvgIpc) is 3.50. The molecule has 0 radical (unpaired) electrons. The minimum Gasteiger partial charge on any atom is -0.421 e. The number of ether oxygens (including phenoxy) is 1. The molecule has 4 aromatic heterocycles. The Bertz CT molecular complexity index is 1450. The van der Waals surface area contributed by atoms with Crippen LogP contribution in [0.15, 0.2) is 42.9 Å². The zero-order valence-corrected chi connectivity index (χ0v) is 19.2. The fourth-order valence-electron chi connectivity index (χ4n) is 4.12. The molecule has 11 heteroatoms. The number of nitrogens with two attached hydrogens (primary N) is 1. The molecule has 0 amide bonds. The van der Waals surface area contributed by atoms with Crippen molar-refractivity contribution in [1.82, 2.24) is 34.9 Å². The lowest BCUT2D eigenvalue weighted by Gasteiger charge is -2.19. The lowest BCUT2D eigenvalue weighted by Crippen LogP contribution is -2.28. The van der Waals surface area contributed by atoms with E-state index in [4.69, 9.17) is 15.5 Å². The predicted molar refractivity (Wildman–Crippen MR) is 135 cm³/mol. The highest BCUT2D eigenvalue weighted by Crippen LogP contribution is 2.36. The van der Waals surface area contributed by atoms with Crippen molar-refractivity contribution in [2.24, 2.45) is 11.7 Å². The number of hydrogen-bond acceptors (Lipinski definition) is 8. The maximum Gasteiger partial charge on any atom is 0.326 e. The van der Waals surface area contributed by atoms with Crippen molar-refractivity contribution in [3.8, 4) is 11.8 Å². The number of rotatable bonds is 3. The van der Waals surface area contributed by atoms with Crippen LogP contribution in [0.25, 0.3) is 27.6 Å². The van der Waals surface area contributed by atoms with Gasteiger partial charge in [-0.3, -0.25) is 0 Å². The van der Waals surface area contributed by atoms with Crippen LogP contribution in [-0.4, -0.2) is 62.8 Å². The third kappa shape index (κ3) is 4.60. The van der Waals surface area contributed by atoms with Crippen molar-refractivity contribution in [2.75, 3.05) is 32.1 Å². The number of aromatic amines is 1. The van der Waals surface area contributed by atoms with Crippen LogP contribution in [0, 0.1) is 11.7 Å². The Morgan fingerprint density at radius 1 is 1.20 bits per heavy atom. The number of benzene rings is 1. The molecule has 1 saturated heterocycles. The van der Waals surface area contributed by atoms with E-state index in [1.807, 2.05) is 14.1 Å². The number of nitrogens with zero attached hydrogens (tertiary/aromatic N) is 6. The first kappa shape index (κ1) is 24.3. The Morgan fingerprint density at radius 3 is 2.74 bits per heavy atom. The van der Waals surface area contributed by atoms with Gasteiger partial charge in [0.1, 0.15) is 17.3 Å². The van der Waals surface area contributed by atoms with Crippen LogP contribution in [0.3, 0.4) is 0 Å². The van der Waals surface area contributed by atoms with E-state index in [0.717, 1.165) is 22.8 Å². The predicted octanol–water partition coefficient (Wildman–Crippen LogP) is 3.34. The minimum absolute atomic E-state index is 0. The van der Waals surface area contributed by atoms with Gasteiger partial charge < -0.3 is 25.7 Å².